The zero-order valence-corrected chi connectivity index (χ0v) is 18.5. The molecule has 0 spiro atoms. The first-order valence-corrected chi connectivity index (χ1v) is 11.0. The first kappa shape index (κ1) is 23.2. The van der Waals surface area contributed by atoms with Crippen molar-refractivity contribution in [3.05, 3.63) is 29.6 Å². The van der Waals surface area contributed by atoms with Crippen molar-refractivity contribution in [2.24, 2.45) is 0 Å². The molecule has 31 heavy (non-hydrogen) atoms. The number of piperidine rings is 2. The van der Waals surface area contributed by atoms with Crippen LogP contribution >= 0.6 is 0 Å². The Morgan fingerprint density at radius 1 is 1.26 bits per heavy atom. The maximum Gasteiger partial charge on any atom is 0.320 e. The fourth-order valence-electron chi connectivity index (χ4n) is 3.98. The van der Waals surface area contributed by atoms with Gasteiger partial charge in [-0.25, -0.2) is 4.39 Å². The largest absolute Gasteiger partial charge is 0.459 e. The number of benzene rings is 1. The Hall–Kier alpha value is -2.48. The van der Waals surface area contributed by atoms with Crippen LogP contribution < -0.4 is 10.6 Å². The second kappa shape index (κ2) is 9.77. The molecule has 170 valence electrons. The van der Waals surface area contributed by atoms with Crippen LogP contribution in [0, 0.1) is 5.82 Å². The fourth-order valence-corrected chi connectivity index (χ4v) is 3.98. The van der Waals surface area contributed by atoms with Crippen LogP contribution in [0.1, 0.15) is 64.4 Å². The van der Waals surface area contributed by atoms with Gasteiger partial charge in [-0.05, 0) is 76.2 Å². The third-order valence-corrected chi connectivity index (χ3v) is 6.20. The van der Waals surface area contributed by atoms with E-state index in [-0.39, 0.29) is 42.5 Å². The summed E-state index contributed by atoms with van der Waals surface area (Å²) in [5.74, 6) is -1.10. The molecule has 1 aromatic carbocycles. The Kier molecular flexibility index (Phi) is 7.30. The van der Waals surface area contributed by atoms with Crippen LogP contribution in [-0.4, -0.2) is 54.0 Å². The number of amides is 2. The number of likely N-dealkylation sites (tertiary alicyclic amines) is 1. The van der Waals surface area contributed by atoms with E-state index in [0.717, 1.165) is 19.3 Å². The maximum absolute atomic E-state index is 14.8. The maximum atomic E-state index is 14.8. The fraction of sp³-hybridized carbons (Fsp3) is 0.609. The molecule has 7 nitrogen and oxygen atoms in total. The number of ether oxygens (including phenoxy) is 1. The molecule has 2 aliphatic heterocycles. The molecule has 2 saturated heterocycles. The number of anilines is 1. The highest BCUT2D eigenvalue weighted by Gasteiger charge is 2.28. The van der Waals surface area contributed by atoms with Crippen LogP contribution in [-0.2, 0) is 19.1 Å². The molecular weight excluding hydrogens is 401 g/mol. The van der Waals surface area contributed by atoms with Gasteiger partial charge in [-0.2, -0.15) is 0 Å². The number of halogens is 1. The zero-order chi connectivity index (χ0) is 22.6. The van der Waals surface area contributed by atoms with Crippen LogP contribution in [0.5, 0.6) is 0 Å². The third kappa shape index (κ3) is 6.26. The second-order valence-corrected chi connectivity index (χ2v) is 9.02. The number of imide groups is 1. The Morgan fingerprint density at radius 2 is 1.97 bits per heavy atom. The van der Waals surface area contributed by atoms with Gasteiger partial charge < -0.3 is 10.1 Å². The minimum absolute atomic E-state index is 0.0870. The standard InChI is InChI=1S/C23H32FN3O4/c1-4-23(2,3)31-21(29)14-27-11-9-15(10-12-27)17-6-5-16(13-18(17)24)25-19-7-8-20(28)26-22(19)30/h5-6,13,15,19,25H,4,7-12,14H2,1-3H3,(H,26,28,30)/t19-/m0/s1. The molecule has 0 unspecified atom stereocenters. The highest BCUT2D eigenvalue weighted by Crippen LogP contribution is 2.31. The minimum Gasteiger partial charge on any atom is -0.459 e. The number of nitrogens with one attached hydrogen (secondary N) is 2. The molecule has 2 amide bonds. The first-order chi connectivity index (χ1) is 14.7. The Bertz CT molecular complexity index is 834. The predicted octanol–water partition coefficient (Wildman–Crippen LogP) is 2.95. The van der Waals surface area contributed by atoms with Crippen molar-refractivity contribution in [1.29, 1.82) is 0 Å². The third-order valence-electron chi connectivity index (χ3n) is 6.20. The number of carbonyl (C=O) groups excluding carboxylic acids is 3. The van der Waals surface area contributed by atoms with Gasteiger partial charge in [0.2, 0.25) is 11.8 Å². The minimum atomic E-state index is -0.538. The van der Waals surface area contributed by atoms with E-state index in [1.54, 1.807) is 12.1 Å². The van der Waals surface area contributed by atoms with Crippen molar-refractivity contribution in [3.63, 3.8) is 0 Å². The molecule has 0 saturated carbocycles. The van der Waals surface area contributed by atoms with Gasteiger partial charge in [-0.15, -0.1) is 0 Å². The quantitative estimate of drug-likeness (QED) is 0.508. The number of carbonyl (C=O) groups is 3. The van der Waals surface area contributed by atoms with Crippen molar-refractivity contribution in [2.75, 3.05) is 25.0 Å². The van der Waals surface area contributed by atoms with Crippen molar-refractivity contribution >= 4 is 23.5 Å². The van der Waals surface area contributed by atoms with Gasteiger partial charge in [0.15, 0.2) is 0 Å². The van der Waals surface area contributed by atoms with Gasteiger partial charge in [0, 0.05) is 12.1 Å². The Balaban J connectivity index is 1.52. The SMILES string of the molecule is CCC(C)(C)OC(=O)CN1CCC(c2ccc(N[C@H]3CCC(=O)NC3=O)cc2F)CC1. The van der Waals surface area contributed by atoms with Crippen molar-refractivity contribution < 1.29 is 23.5 Å². The van der Waals surface area contributed by atoms with E-state index in [2.05, 4.69) is 15.5 Å². The second-order valence-electron chi connectivity index (χ2n) is 9.02. The summed E-state index contributed by atoms with van der Waals surface area (Å²) in [4.78, 5) is 37.3. The van der Waals surface area contributed by atoms with E-state index in [0.29, 0.717) is 30.8 Å². The summed E-state index contributed by atoms with van der Waals surface area (Å²) in [6.07, 6.45) is 2.95. The molecule has 1 aromatic rings. The van der Waals surface area contributed by atoms with Gasteiger partial charge in [0.05, 0.1) is 6.54 Å². The van der Waals surface area contributed by atoms with Gasteiger partial charge in [-0.3, -0.25) is 24.6 Å². The van der Waals surface area contributed by atoms with Gasteiger partial charge in [0.25, 0.3) is 0 Å². The molecule has 2 heterocycles. The van der Waals surface area contributed by atoms with Gasteiger partial charge in [0.1, 0.15) is 17.5 Å². The van der Waals surface area contributed by atoms with Crippen LogP contribution in [0.2, 0.25) is 0 Å². The monoisotopic (exact) mass is 433 g/mol. The number of hydrogen-bond donors (Lipinski definition) is 2. The van der Waals surface area contributed by atoms with Crippen LogP contribution in [0.3, 0.4) is 0 Å². The van der Waals surface area contributed by atoms with E-state index in [1.807, 2.05) is 20.8 Å². The zero-order valence-electron chi connectivity index (χ0n) is 18.5. The lowest BCUT2D eigenvalue weighted by atomic mass is 9.89. The molecule has 0 bridgehead atoms. The summed E-state index contributed by atoms with van der Waals surface area (Å²) in [5.41, 5.74) is 0.722. The number of hydrogen-bond acceptors (Lipinski definition) is 6. The summed E-state index contributed by atoms with van der Waals surface area (Å²) in [6, 6.07) is 4.42. The topological polar surface area (TPSA) is 87.7 Å². The first-order valence-electron chi connectivity index (χ1n) is 11.0. The average molecular weight is 434 g/mol. The lowest BCUT2D eigenvalue weighted by Gasteiger charge is -2.33. The van der Waals surface area contributed by atoms with E-state index >= 15 is 0 Å². The summed E-state index contributed by atoms with van der Waals surface area (Å²) in [5, 5.41) is 5.30. The van der Waals surface area contributed by atoms with E-state index in [4.69, 9.17) is 4.74 Å². The molecule has 2 aliphatic rings. The molecule has 2 N–H and O–H groups in total. The molecule has 0 aromatic heterocycles. The average Bonchev–Trinajstić information content (AvgIpc) is 2.70. The van der Waals surface area contributed by atoms with Crippen molar-refractivity contribution in [1.82, 2.24) is 10.2 Å². The molecule has 3 rings (SSSR count). The van der Waals surface area contributed by atoms with Crippen LogP contribution in [0.15, 0.2) is 18.2 Å². The number of nitrogens with zero attached hydrogens (tertiary/aromatic N) is 1. The molecule has 0 radical (unpaired) electrons. The van der Waals surface area contributed by atoms with Crippen molar-refractivity contribution in [2.45, 2.75) is 70.4 Å². The number of rotatable bonds is 7. The van der Waals surface area contributed by atoms with Crippen LogP contribution in [0.4, 0.5) is 10.1 Å². The van der Waals surface area contributed by atoms with Gasteiger partial charge >= 0.3 is 5.97 Å². The molecular formula is C23H32FN3O4. The lowest BCUT2D eigenvalue weighted by molar-refractivity contribution is -0.158. The normalized spacial score (nSPS) is 21.0. The summed E-state index contributed by atoms with van der Waals surface area (Å²) >= 11 is 0. The van der Waals surface area contributed by atoms with E-state index < -0.39 is 11.6 Å². The Morgan fingerprint density at radius 3 is 2.58 bits per heavy atom. The lowest BCUT2D eigenvalue weighted by Crippen LogP contribution is -2.47. The summed E-state index contributed by atoms with van der Waals surface area (Å²) in [7, 11) is 0. The molecule has 2 fully saturated rings. The smallest absolute Gasteiger partial charge is 0.320 e. The van der Waals surface area contributed by atoms with Crippen LogP contribution in [0.25, 0.3) is 0 Å². The van der Waals surface area contributed by atoms with Gasteiger partial charge in [-0.1, -0.05) is 13.0 Å². The summed E-state index contributed by atoms with van der Waals surface area (Å²) < 4.78 is 20.3. The highest BCUT2D eigenvalue weighted by atomic mass is 19.1. The number of esters is 1. The van der Waals surface area contributed by atoms with Crippen molar-refractivity contribution in [3.8, 4) is 0 Å². The Labute approximate surface area is 182 Å². The summed E-state index contributed by atoms with van der Waals surface area (Å²) in [6.45, 7) is 7.47. The predicted molar refractivity (Wildman–Crippen MR) is 115 cm³/mol. The molecule has 8 heteroatoms. The highest BCUT2D eigenvalue weighted by molar-refractivity contribution is 6.01. The molecule has 0 aliphatic carbocycles. The van der Waals surface area contributed by atoms with E-state index in [9.17, 15) is 18.8 Å². The molecule has 1 atom stereocenters. The van der Waals surface area contributed by atoms with E-state index in [1.165, 1.54) is 6.07 Å².